The van der Waals surface area contributed by atoms with E-state index in [0.717, 1.165) is 17.5 Å². The Morgan fingerprint density at radius 3 is 3.00 bits per heavy atom. The Labute approximate surface area is 104 Å². The molecule has 1 aliphatic rings. The van der Waals surface area contributed by atoms with E-state index in [-0.39, 0.29) is 0 Å². The Morgan fingerprint density at radius 2 is 2.18 bits per heavy atom. The molecule has 3 nitrogen and oxygen atoms in total. The molecular formula is C14H22N2O. The highest BCUT2D eigenvalue weighted by atomic mass is 16.5. The molecule has 0 aliphatic heterocycles. The van der Waals surface area contributed by atoms with Gasteiger partial charge in [-0.05, 0) is 37.3 Å². The molecule has 0 bridgehead atoms. The predicted molar refractivity (Wildman–Crippen MR) is 70.4 cm³/mol. The van der Waals surface area contributed by atoms with E-state index >= 15 is 0 Å². The van der Waals surface area contributed by atoms with Gasteiger partial charge < -0.3 is 10.1 Å². The highest BCUT2D eigenvalue weighted by Gasteiger charge is 2.17. The van der Waals surface area contributed by atoms with Gasteiger partial charge in [-0.25, -0.2) is 4.98 Å². The van der Waals surface area contributed by atoms with E-state index in [9.17, 15) is 0 Å². The molecule has 1 heterocycles. The van der Waals surface area contributed by atoms with Crippen LogP contribution >= 0.6 is 0 Å². The van der Waals surface area contributed by atoms with Crippen LogP contribution in [0.5, 0.6) is 5.75 Å². The lowest BCUT2D eigenvalue weighted by Crippen LogP contribution is -2.19. The van der Waals surface area contributed by atoms with Crippen LogP contribution < -0.4 is 10.1 Å². The van der Waals surface area contributed by atoms with Crippen LogP contribution in [0.15, 0.2) is 18.3 Å². The van der Waals surface area contributed by atoms with Crippen LogP contribution in [0.3, 0.4) is 0 Å². The second-order valence-electron chi connectivity index (χ2n) is 5.01. The Balaban J connectivity index is 1.99. The fraction of sp³-hybridized carbons (Fsp3) is 0.643. The van der Waals surface area contributed by atoms with Crippen molar-refractivity contribution in [3.8, 4) is 5.75 Å². The summed E-state index contributed by atoms with van der Waals surface area (Å²) in [6.45, 7) is 2.35. The fourth-order valence-electron chi connectivity index (χ4n) is 2.49. The smallest absolute Gasteiger partial charge is 0.168 e. The van der Waals surface area contributed by atoms with Crippen molar-refractivity contribution in [2.24, 2.45) is 5.92 Å². The highest BCUT2D eigenvalue weighted by molar-refractivity contribution is 5.50. The maximum absolute atomic E-state index is 5.31. The van der Waals surface area contributed by atoms with Crippen molar-refractivity contribution >= 4 is 5.82 Å². The molecule has 0 amide bonds. The standard InChI is InChI=1S/C14H22N2O/c1-11-5-3-6-12(9-8-11)16-14-13(17-2)7-4-10-15-14/h4,7,10-12H,3,5-6,8-9H2,1-2H3,(H,15,16). The van der Waals surface area contributed by atoms with E-state index in [1.807, 2.05) is 18.3 Å². The van der Waals surface area contributed by atoms with Crippen molar-refractivity contribution in [1.29, 1.82) is 0 Å². The molecule has 0 saturated heterocycles. The van der Waals surface area contributed by atoms with Crippen molar-refractivity contribution in [3.63, 3.8) is 0 Å². The number of hydrogen-bond acceptors (Lipinski definition) is 3. The van der Waals surface area contributed by atoms with Crippen molar-refractivity contribution < 1.29 is 4.74 Å². The van der Waals surface area contributed by atoms with Gasteiger partial charge in [0.1, 0.15) is 0 Å². The quantitative estimate of drug-likeness (QED) is 0.813. The summed E-state index contributed by atoms with van der Waals surface area (Å²) in [5.74, 6) is 2.59. The summed E-state index contributed by atoms with van der Waals surface area (Å²) in [6.07, 6.45) is 8.27. The molecule has 1 saturated carbocycles. The summed E-state index contributed by atoms with van der Waals surface area (Å²) >= 11 is 0. The molecule has 0 aromatic carbocycles. The van der Waals surface area contributed by atoms with Gasteiger partial charge in [0.05, 0.1) is 7.11 Å². The van der Waals surface area contributed by atoms with Gasteiger partial charge >= 0.3 is 0 Å². The third kappa shape index (κ3) is 3.35. The first-order valence-corrected chi connectivity index (χ1v) is 6.55. The third-order valence-corrected chi connectivity index (χ3v) is 3.59. The van der Waals surface area contributed by atoms with Crippen molar-refractivity contribution in [1.82, 2.24) is 4.98 Å². The molecular weight excluding hydrogens is 212 g/mol. The lowest BCUT2D eigenvalue weighted by molar-refractivity contribution is 0.413. The number of nitrogens with zero attached hydrogens (tertiary/aromatic N) is 1. The van der Waals surface area contributed by atoms with Crippen LogP contribution in [-0.4, -0.2) is 18.1 Å². The fourth-order valence-corrected chi connectivity index (χ4v) is 2.49. The number of rotatable bonds is 3. The minimum Gasteiger partial charge on any atom is -0.493 e. The normalized spacial score (nSPS) is 25.1. The monoisotopic (exact) mass is 234 g/mol. The SMILES string of the molecule is COc1cccnc1NC1CCCC(C)CC1. The van der Waals surface area contributed by atoms with Crippen LogP contribution in [0.25, 0.3) is 0 Å². The van der Waals surface area contributed by atoms with Crippen LogP contribution in [0.4, 0.5) is 5.82 Å². The second kappa shape index (κ2) is 5.89. The zero-order valence-corrected chi connectivity index (χ0v) is 10.8. The molecule has 1 aromatic heterocycles. The zero-order valence-electron chi connectivity index (χ0n) is 10.8. The summed E-state index contributed by atoms with van der Waals surface area (Å²) < 4.78 is 5.31. The topological polar surface area (TPSA) is 34.1 Å². The molecule has 1 fully saturated rings. The predicted octanol–water partition coefficient (Wildman–Crippen LogP) is 3.47. The number of pyridine rings is 1. The Morgan fingerprint density at radius 1 is 1.29 bits per heavy atom. The average Bonchev–Trinajstić information content (AvgIpc) is 2.55. The molecule has 2 rings (SSSR count). The van der Waals surface area contributed by atoms with Gasteiger partial charge in [0.15, 0.2) is 11.6 Å². The Kier molecular flexibility index (Phi) is 4.24. The van der Waals surface area contributed by atoms with Crippen molar-refractivity contribution in [2.45, 2.75) is 45.1 Å². The molecule has 1 aromatic rings. The number of nitrogens with one attached hydrogen (secondary N) is 1. The molecule has 1 aliphatic carbocycles. The number of methoxy groups -OCH3 is 1. The van der Waals surface area contributed by atoms with Gasteiger partial charge in [-0.15, -0.1) is 0 Å². The molecule has 2 atom stereocenters. The van der Waals surface area contributed by atoms with E-state index in [0.29, 0.717) is 6.04 Å². The highest BCUT2D eigenvalue weighted by Crippen LogP contribution is 2.27. The van der Waals surface area contributed by atoms with E-state index in [1.165, 1.54) is 32.1 Å². The zero-order chi connectivity index (χ0) is 12.1. The van der Waals surface area contributed by atoms with Gasteiger partial charge in [0, 0.05) is 12.2 Å². The van der Waals surface area contributed by atoms with Crippen LogP contribution in [0.2, 0.25) is 0 Å². The van der Waals surface area contributed by atoms with E-state index in [1.54, 1.807) is 7.11 Å². The Hall–Kier alpha value is -1.25. The van der Waals surface area contributed by atoms with Gasteiger partial charge in [-0.2, -0.15) is 0 Å². The number of anilines is 1. The first-order valence-electron chi connectivity index (χ1n) is 6.55. The molecule has 2 unspecified atom stereocenters. The number of hydrogen-bond donors (Lipinski definition) is 1. The summed E-state index contributed by atoms with van der Waals surface area (Å²) in [4.78, 5) is 4.36. The van der Waals surface area contributed by atoms with Crippen LogP contribution in [0.1, 0.15) is 39.0 Å². The maximum atomic E-state index is 5.31. The molecule has 3 heteroatoms. The van der Waals surface area contributed by atoms with E-state index in [2.05, 4.69) is 17.2 Å². The molecule has 0 spiro atoms. The molecule has 94 valence electrons. The van der Waals surface area contributed by atoms with Gasteiger partial charge in [0.2, 0.25) is 0 Å². The summed E-state index contributed by atoms with van der Waals surface area (Å²) in [5, 5.41) is 3.52. The number of ether oxygens (including phenoxy) is 1. The van der Waals surface area contributed by atoms with Gasteiger partial charge in [-0.3, -0.25) is 0 Å². The lowest BCUT2D eigenvalue weighted by atomic mass is 10.0. The Bertz CT molecular complexity index is 354. The summed E-state index contributed by atoms with van der Waals surface area (Å²) in [6, 6.07) is 4.40. The largest absolute Gasteiger partial charge is 0.493 e. The lowest BCUT2D eigenvalue weighted by Gasteiger charge is -2.18. The van der Waals surface area contributed by atoms with Crippen molar-refractivity contribution in [3.05, 3.63) is 18.3 Å². The van der Waals surface area contributed by atoms with E-state index in [4.69, 9.17) is 4.74 Å². The van der Waals surface area contributed by atoms with Crippen LogP contribution in [0, 0.1) is 5.92 Å². The third-order valence-electron chi connectivity index (χ3n) is 3.59. The molecule has 1 N–H and O–H groups in total. The minimum atomic E-state index is 0.545. The number of aromatic nitrogens is 1. The first kappa shape index (κ1) is 12.2. The van der Waals surface area contributed by atoms with Gasteiger partial charge in [-0.1, -0.05) is 19.8 Å². The molecule has 0 radical (unpaired) electrons. The molecule has 17 heavy (non-hydrogen) atoms. The summed E-state index contributed by atoms with van der Waals surface area (Å²) in [5.41, 5.74) is 0. The maximum Gasteiger partial charge on any atom is 0.168 e. The second-order valence-corrected chi connectivity index (χ2v) is 5.01. The van der Waals surface area contributed by atoms with Gasteiger partial charge in [0.25, 0.3) is 0 Å². The summed E-state index contributed by atoms with van der Waals surface area (Å²) in [7, 11) is 1.69. The first-order chi connectivity index (χ1) is 8.29. The average molecular weight is 234 g/mol. The minimum absolute atomic E-state index is 0.545. The van der Waals surface area contributed by atoms with Crippen molar-refractivity contribution in [2.75, 3.05) is 12.4 Å². The van der Waals surface area contributed by atoms with E-state index < -0.39 is 0 Å². The van der Waals surface area contributed by atoms with Crippen LogP contribution in [-0.2, 0) is 0 Å².